The fourth-order valence-electron chi connectivity index (χ4n) is 4.50. The van der Waals surface area contributed by atoms with Gasteiger partial charge in [-0.15, -0.1) is 10.2 Å². The van der Waals surface area contributed by atoms with Gasteiger partial charge in [0, 0.05) is 32.8 Å². The van der Waals surface area contributed by atoms with E-state index in [1.165, 1.54) is 11.1 Å². The predicted molar refractivity (Wildman–Crippen MR) is 138 cm³/mol. The number of rotatable bonds is 9. The molecule has 0 bridgehead atoms. The van der Waals surface area contributed by atoms with Crippen molar-refractivity contribution in [1.82, 2.24) is 49.3 Å². The van der Waals surface area contributed by atoms with E-state index in [0.29, 0.717) is 42.4 Å². The highest BCUT2D eigenvalue weighted by Crippen LogP contribution is 2.39. The van der Waals surface area contributed by atoms with Crippen LogP contribution >= 0.6 is 0 Å². The molecule has 0 spiro atoms. The topological polar surface area (TPSA) is 179 Å². The van der Waals surface area contributed by atoms with Crippen molar-refractivity contribution in [2.24, 2.45) is 14.1 Å². The molecule has 1 aromatic carbocycles. The van der Waals surface area contributed by atoms with Gasteiger partial charge in [-0.25, -0.2) is 9.97 Å². The standard InChI is InChI=1S/C24H28N12O3/c1-34-11-15(27-12-34)8-9-25-24-29-20(26-10-14-6-4-3-5-7-14)16-22(30-24)36(13-28-16)23-18(38)17(37)19(39-23)21-31-33-35(2)32-21/h3-7,11-13,17-19,23,37-38H,8-10H2,1-2H3,(H2,25,26,29,30)/t17-,18+,19-,23+/m0/s1. The second kappa shape index (κ2) is 10.4. The third kappa shape index (κ3) is 5.01. The van der Waals surface area contributed by atoms with Gasteiger partial charge in [-0.2, -0.15) is 14.8 Å². The molecule has 4 aromatic heterocycles. The summed E-state index contributed by atoms with van der Waals surface area (Å²) in [6, 6.07) is 9.93. The summed E-state index contributed by atoms with van der Waals surface area (Å²) in [7, 11) is 3.53. The van der Waals surface area contributed by atoms with E-state index in [2.05, 4.69) is 46.0 Å². The number of aliphatic hydroxyl groups excluding tert-OH is 2. The highest BCUT2D eigenvalue weighted by molar-refractivity contribution is 5.84. The first kappa shape index (κ1) is 24.8. The summed E-state index contributed by atoms with van der Waals surface area (Å²) in [5.74, 6) is 1.06. The molecule has 15 nitrogen and oxygen atoms in total. The molecule has 4 atom stereocenters. The number of aliphatic hydroxyl groups is 2. The first-order valence-corrected chi connectivity index (χ1v) is 12.4. The van der Waals surface area contributed by atoms with Gasteiger partial charge in [0.15, 0.2) is 29.3 Å². The summed E-state index contributed by atoms with van der Waals surface area (Å²) in [6.07, 6.45) is 1.39. The smallest absolute Gasteiger partial charge is 0.226 e. The van der Waals surface area contributed by atoms with Gasteiger partial charge in [-0.05, 0) is 10.8 Å². The predicted octanol–water partition coefficient (Wildman–Crippen LogP) is 0.342. The second-order valence-corrected chi connectivity index (χ2v) is 9.33. The van der Waals surface area contributed by atoms with E-state index in [9.17, 15) is 10.2 Å². The third-order valence-electron chi connectivity index (χ3n) is 6.44. The van der Waals surface area contributed by atoms with E-state index in [-0.39, 0.29) is 5.82 Å². The lowest BCUT2D eigenvalue weighted by Gasteiger charge is -2.17. The zero-order valence-electron chi connectivity index (χ0n) is 21.3. The van der Waals surface area contributed by atoms with Crippen molar-refractivity contribution in [2.45, 2.75) is 37.5 Å². The monoisotopic (exact) mass is 532 g/mol. The Morgan fingerprint density at radius 1 is 1.00 bits per heavy atom. The number of nitrogens with zero attached hydrogens (tertiary/aromatic N) is 10. The molecule has 0 saturated carbocycles. The van der Waals surface area contributed by atoms with Crippen LogP contribution in [0.25, 0.3) is 11.2 Å². The Labute approximate surface area is 222 Å². The van der Waals surface area contributed by atoms with E-state index in [1.54, 1.807) is 17.9 Å². The molecule has 1 saturated heterocycles. The van der Waals surface area contributed by atoms with Gasteiger partial charge in [0.2, 0.25) is 11.8 Å². The van der Waals surface area contributed by atoms with Crippen LogP contribution in [0.3, 0.4) is 0 Å². The number of hydrogen-bond donors (Lipinski definition) is 4. The van der Waals surface area contributed by atoms with E-state index < -0.39 is 24.5 Å². The molecule has 39 heavy (non-hydrogen) atoms. The fraction of sp³-hybridized carbons (Fsp3) is 0.375. The van der Waals surface area contributed by atoms with Gasteiger partial charge in [-0.3, -0.25) is 4.57 Å². The molecule has 1 fully saturated rings. The number of aryl methyl sites for hydroxylation is 2. The molecule has 1 aliphatic heterocycles. The zero-order chi connectivity index (χ0) is 26.9. The van der Waals surface area contributed by atoms with Crippen LogP contribution in [0.2, 0.25) is 0 Å². The van der Waals surface area contributed by atoms with E-state index in [1.807, 2.05) is 48.1 Å². The average molecular weight is 533 g/mol. The summed E-state index contributed by atoms with van der Waals surface area (Å²) >= 11 is 0. The van der Waals surface area contributed by atoms with Gasteiger partial charge in [0.25, 0.3) is 0 Å². The highest BCUT2D eigenvalue weighted by Gasteiger charge is 2.47. The Morgan fingerprint density at radius 3 is 2.59 bits per heavy atom. The van der Waals surface area contributed by atoms with Crippen LogP contribution in [0.1, 0.15) is 29.4 Å². The number of nitrogens with one attached hydrogen (secondary N) is 2. The maximum Gasteiger partial charge on any atom is 0.226 e. The van der Waals surface area contributed by atoms with E-state index >= 15 is 0 Å². The van der Waals surface area contributed by atoms with Crippen molar-refractivity contribution in [3.05, 3.63) is 66.3 Å². The van der Waals surface area contributed by atoms with Crippen molar-refractivity contribution >= 4 is 22.9 Å². The molecule has 1 aliphatic rings. The lowest BCUT2D eigenvalue weighted by atomic mass is 10.1. The zero-order valence-corrected chi connectivity index (χ0v) is 21.3. The molecule has 4 N–H and O–H groups in total. The van der Waals surface area contributed by atoms with Crippen molar-refractivity contribution in [1.29, 1.82) is 0 Å². The molecule has 0 unspecified atom stereocenters. The summed E-state index contributed by atoms with van der Waals surface area (Å²) in [4.78, 5) is 19.5. The summed E-state index contributed by atoms with van der Waals surface area (Å²) in [5, 5.41) is 40.1. The fourth-order valence-corrected chi connectivity index (χ4v) is 4.50. The summed E-state index contributed by atoms with van der Waals surface area (Å²) < 4.78 is 9.50. The number of aromatic nitrogens is 10. The molecule has 202 valence electrons. The summed E-state index contributed by atoms with van der Waals surface area (Å²) in [5.41, 5.74) is 2.93. The molecule has 0 aliphatic carbocycles. The number of imidazole rings is 2. The lowest BCUT2D eigenvalue weighted by molar-refractivity contribution is -0.0384. The Bertz CT molecular complexity index is 1570. The quantitative estimate of drug-likeness (QED) is 0.205. The maximum absolute atomic E-state index is 10.9. The van der Waals surface area contributed by atoms with Crippen molar-refractivity contribution in [3.63, 3.8) is 0 Å². The maximum atomic E-state index is 10.9. The molecule has 5 aromatic rings. The number of tetrazole rings is 1. The van der Waals surface area contributed by atoms with Gasteiger partial charge in [0.05, 0.1) is 25.4 Å². The van der Waals surface area contributed by atoms with Crippen LogP contribution in [0.15, 0.2) is 49.2 Å². The largest absolute Gasteiger partial charge is 0.387 e. The van der Waals surface area contributed by atoms with Crippen LogP contribution in [0, 0.1) is 0 Å². The minimum Gasteiger partial charge on any atom is -0.387 e. The van der Waals surface area contributed by atoms with E-state index in [0.717, 1.165) is 11.3 Å². The second-order valence-electron chi connectivity index (χ2n) is 9.33. The molecule has 0 radical (unpaired) electrons. The Morgan fingerprint density at radius 2 is 1.85 bits per heavy atom. The first-order valence-electron chi connectivity index (χ1n) is 12.4. The third-order valence-corrected chi connectivity index (χ3v) is 6.44. The highest BCUT2D eigenvalue weighted by atomic mass is 16.6. The SMILES string of the molecule is Cn1cnc(CCNc2nc(NCc3ccccc3)c3ncn([C@@H]4O[C@H](c5nnn(C)n5)[C@@H](O)[C@H]4O)c3n2)c1. The summed E-state index contributed by atoms with van der Waals surface area (Å²) in [6.45, 7) is 1.07. The van der Waals surface area contributed by atoms with Crippen molar-refractivity contribution < 1.29 is 14.9 Å². The molecular weight excluding hydrogens is 504 g/mol. The molecule has 6 rings (SSSR count). The molecule has 0 amide bonds. The number of ether oxygens (including phenoxy) is 1. The molecule has 5 heterocycles. The number of hydrogen-bond acceptors (Lipinski definition) is 12. The number of anilines is 2. The van der Waals surface area contributed by atoms with Crippen LogP contribution in [-0.2, 0) is 31.8 Å². The van der Waals surface area contributed by atoms with Crippen LogP contribution in [0.5, 0.6) is 0 Å². The normalized spacial score (nSPS) is 21.0. The minimum atomic E-state index is -1.28. The van der Waals surface area contributed by atoms with Gasteiger partial charge in [0.1, 0.15) is 12.2 Å². The van der Waals surface area contributed by atoms with Crippen LogP contribution in [-0.4, -0.2) is 78.2 Å². The average Bonchev–Trinajstić information content (AvgIpc) is 3.72. The van der Waals surface area contributed by atoms with Gasteiger partial charge < -0.3 is 30.2 Å². The van der Waals surface area contributed by atoms with E-state index in [4.69, 9.17) is 4.74 Å². The molecular formula is C24H28N12O3. The Hall–Kier alpha value is -4.47. The minimum absolute atomic E-state index is 0.174. The molecule has 15 heteroatoms. The first-order chi connectivity index (χ1) is 19.0. The lowest BCUT2D eigenvalue weighted by Crippen LogP contribution is -2.29. The van der Waals surface area contributed by atoms with Crippen LogP contribution in [0.4, 0.5) is 11.8 Å². The van der Waals surface area contributed by atoms with Gasteiger partial charge >= 0.3 is 0 Å². The number of benzene rings is 1. The Kier molecular flexibility index (Phi) is 6.60. The Balaban J connectivity index is 1.30. The van der Waals surface area contributed by atoms with Crippen molar-refractivity contribution in [3.8, 4) is 0 Å². The van der Waals surface area contributed by atoms with Gasteiger partial charge in [-0.1, -0.05) is 30.3 Å². The van der Waals surface area contributed by atoms with Crippen LogP contribution < -0.4 is 10.6 Å². The number of fused-ring (bicyclic) bond motifs is 1. The van der Waals surface area contributed by atoms with Crippen molar-refractivity contribution in [2.75, 3.05) is 17.2 Å².